The van der Waals surface area contributed by atoms with Gasteiger partial charge in [-0.15, -0.1) is 0 Å². The normalized spacial score (nSPS) is 10.2. The Labute approximate surface area is 72.5 Å². The van der Waals surface area contributed by atoms with Crippen LogP contribution in [-0.4, -0.2) is 37.5 Å². The minimum atomic E-state index is -0.113. The third-order valence-corrected chi connectivity index (χ3v) is 1.17. The van der Waals surface area contributed by atoms with Gasteiger partial charge in [0.25, 0.3) is 0 Å². The van der Waals surface area contributed by atoms with E-state index in [0.717, 1.165) is 6.42 Å². The lowest BCUT2D eigenvalue weighted by Gasteiger charge is -2.02. The van der Waals surface area contributed by atoms with Crippen LogP contribution >= 0.6 is 0 Å². The van der Waals surface area contributed by atoms with E-state index >= 15 is 0 Å². The Kier molecular flexibility index (Phi) is 8.32. The number of ketones is 1. The maximum Gasteiger partial charge on any atom is 0.160 e. The fourth-order valence-corrected chi connectivity index (χ4v) is 0.615. The van der Waals surface area contributed by atoms with Gasteiger partial charge in [-0.1, -0.05) is 6.92 Å². The molecule has 0 aliphatic rings. The average molecular weight is 176 g/mol. The number of hydrogen-bond acceptors (Lipinski definition) is 4. The summed E-state index contributed by atoms with van der Waals surface area (Å²) in [6, 6.07) is 0. The smallest absolute Gasteiger partial charge is 0.160 e. The average Bonchev–Trinajstić information content (AvgIpc) is 2.05. The van der Waals surface area contributed by atoms with Crippen molar-refractivity contribution in [3.05, 3.63) is 0 Å². The van der Waals surface area contributed by atoms with E-state index in [1.54, 1.807) is 0 Å². The van der Waals surface area contributed by atoms with E-state index in [2.05, 4.69) is 0 Å². The summed E-state index contributed by atoms with van der Waals surface area (Å²) in [4.78, 5) is 10.7. The second-order valence-electron chi connectivity index (χ2n) is 2.39. The summed E-state index contributed by atoms with van der Waals surface area (Å²) in [5.41, 5.74) is 0. The van der Waals surface area contributed by atoms with Gasteiger partial charge in [-0.05, 0) is 6.42 Å². The highest BCUT2D eigenvalue weighted by Gasteiger charge is 1.99. The molecule has 0 aliphatic carbocycles. The molecule has 4 heteroatoms. The highest BCUT2D eigenvalue weighted by molar-refractivity contribution is 5.79. The largest absolute Gasteiger partial charge is 0.396 e. The molecule has 0 amide bonds. The van der Waals surface area contributed by atoms with E-state index in [1.165, 1.54) is 0 Å². The summed E-state index contributed by atoms with van der Waals surface area (Å²) in [7, 11) is 0. The number of hydrogen-bond donors (Lipinski definition) is 1. The lowest BCUT2D eigenvalue weighted by molar-refractivity contribution is -0.130. The van der Waals surface area contributed by atoms with Crippen molar-refractivity contribution in [3.8, 4) is 0 Å². The van der Waals surface area contributed by atoms with E-state index in [4.69, 9.17) is 14.6 Å². The Balaban J connectivity index is 3.03. The fourth-order valence-electron chi connectivity index (χ4n) is 0.615. The molecule has 0 aromatic carbocycles. The van der Waals surface area contributed by atoms with E-state index < -0.39 is 0 Å². The number of aliphatic hydroxyl groups is 1. The quantitative estimate of drug-likeness (QED) is 0.428. The molecule has 0 atom stereocenters. The summed E-state index contributed by atoms with van der Waals surface area (Å²) < 4.78 is 9.84. The molecule has 72 valence electrons. The first-order valence-electron chi connectivity index (χ1n) is 4.09. The number of carbonyl (C=O) groups excluding carboxylic acids is 1. The SMILES string of the molecule is CCCOCOCC(=O)CCO. The molecule has 0 aromatic rings. The first-order valence-corrected chi connectivity index (χ1v) is 4.09. The molecule has 0 spiro atoms. The lowest BCUT2D eigenvalue weighted by atomic mass is 10.3. The van der Waals surface area contributed by atoms with Crippen LogP contribution in [0.5, 0.6) is 0 Å². The number of carbonyl (C=O) groups is 1. The van der Waals surface area contributed by atoms with Crippen molar-refractivity contribution in [2.45, 2.75) is 19.8 Å². The molecule has 0 fully saturated rings. The summed E-state index contributed by atoms with van der Waals surface area (Å²) in [5.74, 6) is -0.0994. The number of rotatable bonds is 8. The number of Topliss-reactive ketones (excluding diaryl/α,β-unsaturated/α-hetero) is 1. The van der Waals surface area contributed by atoms with Gasteiger partial charge in [-0.25, -0.2) is 0 Å². The summed E-state index contributed by atoms with van der Waals surface area (Å²) >= 11 is 0. The molecule has 12 heavy (non-hydrogen) atoms. The summed E-state index contributed by atoms with van der Waals surface area (Å²) in [6.45, 7) is 2.72. The van der Waals surface area contributed by atoms with Crippen LogP contribution in [0.1, 0.15) is 19.8 Å². The van der Waals surface area contributed by atoms with Crippen LogP contribution in [0.2, 0.25) is 0 Å². The van der Waals surface area contributed by atoms with Crippen molar-refractivity contribution in [1.82, 2.24) is 0 Å². The van der Waals surface area contributed by atoms with Crippen molar-refractivity contribution < 1.29 is 19.4 Å². The van der Waals surface area contributed by atoms with Crippen molar-refractivity contribution >= 4 is 5.78 Å². The van der Waals surface area contributed by atoms with Crippen LogP contribution in [0.25, 0.3) is 0 Å². The van der Waals surface area contributed by atoms with Crippen molar-refractivity contribution in [2.24, 2.45) is 0 Å². The van der Waals surface area contributed by atoms with Gasteiger partial charge in [0.1, 0.15) is 13.4 Å². The second kappa shape index (κ2) is 8.64. The Bertz CT molecular complexity index is 114. The minimum absolute atomic E-state index is 0.0320. The van der Waals surface area contributed by atoms with Gasteiger partial charge in [0.15, 0.2) is 5.78 Å². The predicted molar refractivity (Wildman–Crippen MR) is 43.8 cm³/mol. The predicted octanol–water partition coefficient (Wildman–Crippen LogP) is 0.339. The van der Waals surface area contributed by atoms with Gasteiger partial charge in [0.05, 0.1) is 6.61 Å². The van der Waals surface area contributed by atoms with Crippen LogP contribution < -0.4 is 0 Å². The highest BCUT2D eigenvalue weighted by Crippen LogP contribution is 1.86. The zero-order valence-corrected chi connectivity index (χ0v) is 7.41. The van der Waals surface area contributed by atoms with Crippen molar-refractivity contribution in [2.75, 3.05) is 26.6 Å². The highest BCUT2D eigenvalue weighted by atomic mass is 16.7. The van der Waals surface area contributed by atoms with Gasteiger partial charge in [0, 0.05) is 13.0 Å². The lowest BCUT2D eigenvalue weighted by Crippen LogP contribution is -2.12. The van der Waals surface area contributed by atoms with Crippen molar-refractivity contribution in [1.29, 1.82) is 0 Å². The van der Waals surface area contributed by atoms with Crippen LogP contribution in [0.4, 0.5) is 0 Å². The van der Waals surface area contributed by atoms with E-state index in [9.17, 15) is 4.79 Å². The molecular weight excluding hydrogens is 160 g/mol. The maximum atomic E-state index is 10.7. The number of aliphatic hydroxyl groups excluding tert-OH is 1. The molecule has 0 unspecified atom stereocenters. The molecule has 1 N–H and O–H groups in total. The van der Waals surface area contributed by atoms with Gasteiger partial charge < -0.3 is 14.6 Å². The van der Waals surface area contributed by atoms with Gasteiger partial charge in [-0.3, -0.25) is 4.79 Å². The molecule has 0 aromatic heterocycles. The van der Waals surface area contributed by atoms with Crippen LogP contribution in [0, 0.1) is 0 Å². The first-order chi connectivity index (χ1) is 5.81. The van der Waals surface area contributed by atoms with Crippen molar-refractivity contribution in [3.63, 3.8) is 0 Å². The molecule has 0 saturated heterocycles. The molecule has 0 bridgehead atoms. The third kappa shape index (κ3) is 7.65. The van der Waals surface area contributed by atoms with E-state index in [0.29, 0.717) is 6.61 Å². The van der Waals surface area contributed by atoms with Crippen LogP contribution in [0.15, 0.2) is 0 Å². The topological polar surface area (TPSA) is 55.8 Å². The Hall–Kier alpha value is -0.450. The van der Waals surface area contributed by atoms with Crippen LogP contribution in [0.3, 0.4) is 0 Å². The zero-order chi connectivity index (χ0) is 9.23. The Morgan fingerprint density at radius 3 is 2.75 bits per heavy atom. The molecule has 0 heterocycles. The second-order valence-corrected chi connectivity index (χ2v) is 2.39. The van der Waals surface area contributed by atoms with Gasteiger partial charge in [0.2, 0.25) is 0 Å². The summed E-state index contributed by atoms with van der Waals surface area (Å²) in [6.07, 6.45) is 1.10. The Morgan fingerprint density at radius 1 is 1.42 bits per heavy atom. The van der Waals surface area contributed by atoms with Crippen LogP contribution in [-0.2, 0) is 14.3 Å². The molecule has 0 aliphatic heterocycles. The molecule has 0 rings (SSSR count). The molecular formula is C8H16O4. The zero-order valence-electron chi connectivity index (χ0n) is 7.41. The monoisotopic (exact) mass is 176 g/mol. The van der Waals surface area contributed by atoms with E-state index in [1.807, 2.05) is 6.92 Å². The Morgan fingerprint density at radius 2 is 2.17 bits per heavy atom. The van der Waals surface area contributed by atoms with Gasteiger partial charge >= 0.3 is 0 Å². The summed E-state index contributed by atoms with van der Waals surface area (Å²) in [5, 5.41) is 8.37. The third-order valence-electron chi connectivity index (χ3n) is 1.17. The molecule has 4 nitrogen and oxygen atoms in total. The van der Waals surface area contributed by atoms with E-state index in [-0.39, 0.29) is 32.2 Å². The maximum absolute atomic E-state index is 10.7. The van der Waals surface area contributed by atoms with Gasteiger partial charge in [-0.2, -0.15) is 0 Å². The minimum Gasteiger partial charge on any atom is -0.396 e. The number of ether oxygens (including phenoxy) is 2. The first kappa shape index (κ1) is 11.6. The standard InChI is InChI=1S/C8H16O4/c1-2-5-11-7-12-6-8(10)3-4-9/h9H,2-7H2,1H3. The molecule has 0 saturated carbocycles. The molecule has 0 radical (unpaired) electrons. The fraction of sp³-hybridized carbons (Fsp3) is 0.875.